The number of nitrogens with zero attached hydrogens (tertiary/aromatic N) is 2. The molecule has 1 aromatic heterocycles. The lowest BCUT2D eigenvalue weighted by atomic mass is 10.0. The monoisotopic (exact) mass is 255 g/mol. The molecular weight excluding hydrogens is 234 g/mol. The van der Waals surface area contributed by atoms with E-state index in [4.69, 9.17) is 4.74 Å². The highest BCUT2D eigenvalue weighted by atomic mass is 32.1. The van der Waals surface area contributed by atoms with Crippen LogP contribution in [0.1, 0.15) is 17.7 Å². The second-order valence-electron chi connectivity index (χ2n) is 4.58. The molecular formula is C12H21N3OS. The SMILES string of the molecule is CNCc1cnc(N(C)CC2CCOCC2)s1. The predicted molar refractivity (Wildman–Crippen MR) is 71.7 cm³/mol. The van der Waals surface area contributed by atoms with Crippen LogP contribution in [0.4, 0.5) is 5.13 Å². The van der Waals surface area contributed by atoms with Gasteiger partial charge in [0.15, 0.2) is 5.13 Å². The molecule has 17 heavy (non-hydrogen) atoms. The van der Waals surface area contributed by atoms with Crippen molar-refractivity contribution in [3.63, 3.8) is 0 Å². The van der Waals surface area contributed by atoms with Crippen LogP contribution < -0.4 is 10.2 Å². The van der Waals surface area contributed by atoms with Gasteiger partial charge in [-0.2, -0.15) is 0 Å². The van der Waals surface area contributed by atoms with E-state index in [1.807, 2.05) is 13.2 Å². The van der Waals surface area contributed by atoms with E-state index in [1.54, 1.807) is 11.3 Å². The van der Waals surface area contributed by atoms with Crippen LogP contribution in [0.3, 0.4) is 0 Å². The molecule has 0 radical (unpaired) electrons. The van der Waals surface area contributed by atoms with Gasteiger partial charge in [0.2, 0.25) is 0 Å². The third-order valence-electron chi connectivity index (χ3n) is 3.09. The lowest BCUT2D eigenvalue weighted by molar-refractivity contribution is 0.0685. The number of thiazole rings is 1. The number of ether oxygens (including phenoxy) is 1. The van der Waals surface area contributed by atoms with Crippen LogP contribution in [0.15, 0.2) is 6.20 Å². The van der Waals surface area contributed by atoms with Crippen LogP contribution in [-0.4, -0.2) is 38.8 Å². The van der Waals surface area contributed by atoms with Gasteiger partial charge in [0.25, 0.3) is 0 Å². The highest BCUT2D eigenvalue weighted by molar-refractivity contribution is 7.15. The van der Waals surface area contributed by atoms with Gasteiger partial charge in [-0.3, -0.25) is 0 Å². The zero-order valence-electron chi connectivity index (χ0n) is 10.6. The van der Waals surface area contributed by atoms with Gasteiger partial charge in [-0.1, -0.05) is 0 Å². The van der Waals surface area contributed by atoms with Crippen molar-refractivity contribution < 1.29 is 4.74 Å². The predicted octanol–water partition coefficient (Wildman–Crippen LogP) is 1.73. The van der Waals surface area contributed by atoms with Crippen molar-refractivity contribution in [2.24, 2.45) is 5.92 Å². The molecule has 1 fully saturated rings. The summed E-state index contributed by atoms with van der Waals surface area (Å²) in [4.78, 5) is 8.04. The lowest BCUT2D eigenvalue weighted by Crippen LogP contribution is -2.29. The van der Waals surface area contributed by atoms with Crippen LogP contribution in [0.2, 0.25) is 0 Å². The molecule has 4 nitrogen and oxygen atoms in total. The molecule has 1 aliphatic heterocycles. The minimum absolute atomic E-state index is 0.755. The zero-order valence-corrected chi connectivity index (χ0v) is 11.4. The Labute approximate surface area is 107 Å². The van der Waals surface area contributed by atoms with Crippen LogP contribution in [0, 0.1) is 5.92 Å². The van der Waals surface area contributed by atoms with E-state index in [1.165, 1.54) is 17.7 Å². The van der Waals surface area contributed by atoms with Crippen molar-refractivity contribution in [2.45, 2.75) is 19.4 Å². The minimum Gasteiger partial charge on any atom is -0.381 e. The number of anilines is 1. The van der Waals surface area contributed by atoms with Crippen molar-refractivity contribution in [2.75, 3.05) is 38.8 Å². The summed E-state index contributed by atoms with van der Waals surface area (Å²) in [6.45, 7) is 3.83. The number of aromatic nitrogens is 1. The maximum atomic E-state index is 5.38. The molecule has 0 saturated carbocycles. The Morgan fingerprint density at radius 2 is 2.29 bits per heavy atom. The molecule has 0 aliphatic carbocycles. The molecule has 1 saturated heterocycles. The summed E-state index contributed by atoms with van der Waals surface area (Å²) in [6.07, 6.45) is 4.33. The van der Waals surface area contributed by atoms with Gasteiger partial charge in [0.05, 0.1) is 0 Å². The molecule has 1 N–H and O–H groups in total. The molecule has 1 aromatic rings. The van der Waals surface area contributed by atoms with Crippen molar-refractivity contribution in [1.82, 2.24) is 10.3 Å². The molecule has 1 aliphatic rings. The van der Waals surface area contributed by atoms with Crippen LogP contribution in [-0.2, 0) is 11.3 Å². The van der Waals surface area contributed by atoms with E-state index in [2.05, 4.69) is 22.2 Å². The maximum Gasteiger partial charge on any atom is 0.185 e. The van der Waals surface area contributed by atoms with E-state index < -0.39 is 0 Å². The Hall–Kier alpha value is -0.650. The summed E-state index contributed by atoms with van der Waals surface area (Å²) in [5.41, 5.74) is 0. The second-order valence-corrected chi connectivity index (χ2v) is 5.67. The van der Waals surface area contributed by atoms with E-state index in [0.717, 1.165) is 37.4 Å². The van der Waals surface area contributed by atoms with Gasteiger partial charge >= 0.3 is 0 Å². The second kappa shape index (κ2) is 6.33. The summed E-state index contributed by atoms with van der Waals surface area (Å²) in [5, 5.41) is 4.28. The van der Waals surface area contributed by atoms with Crippen molar-refractivity contribution in [1.29, 1.82) is 0 Å². The molecule has 0 aromatic carbocycles. The average molecular weight is 255 g/mol. The van der Waals surface area contributed by atoms with E-state index in [9.17, 15) is 0 Å². The Bertz CT molecular complexity index is 336. The Morgan fingerprint density at radius 1 is 1.53 bits per heavy atom. The van der Waals surface area contributed by atoms with Crippen molar-refractivity contribution >= 4 is 16.5 Å². The first-order valence-corrected chi connectivity index (χ1v) is 6.99. The molecule has 0 unspecified atom stereocenters. The van der Waals surface area contributed by atoms with Gasteiger partial charge < -0.3 is 15.0 Å². The fourth-order valence-electron chi connectivity index (χ4n) is 2.12. The van der Waals surface area contributed by atoms with Crippen LogP contribution in [0.5, 0.6) is 0 Å². The Balaban J connectivity index is 1.86. The largest absolute Gasteiger partial charge is 0.381 e. The first kappa shape index (κ1) is 12.8. The molecule has 0 amide bonds. The highest BCUT2D eigenvalue weighted by Gasteiger charge is 2.17. The van der Waals surface area contributed by atoms with Gasteiger partial charge in [-0.05, 0) is 25.8 Å². The zero-order chi connectivity index (χ0) is 12.1. The molecule has 0 spiro atoms. The minimum atomic E-state index is 0.755. The van der Waals surface area contributed by atoms with E-state index >= 15 is 0 Å². The first-order chi connectivity index (χ1) is 8.29. The molecule has 5 heteroatoms. The van der Waals surface area contributed by atoms with Crippen LogP contribution in [0.25, 0.3) is 0 Å². The molecule has 2 rings (SSSR count). The summed E-state index contributed by atoms with van der Waals surface area (Å²) >= 11 is 1.78. The number of hydrogen-bond donors (Lipinski definition) is 1. The standard InChI is InChI=1S/C12H21N3OS/c1-13-7-11-8-14-12(17-11)15(2)9-10-3-5-16-6-4-10/h8,10,13H,3-7,9H2,1-2H3. The number of nitrogens with one attached hydrogen (secondary N) is 1. The Morgan fingerprint density at radius 3 is 3.00 bits per heavy atom. The van der Waals surface area contributed by atoms with Crippen LogP contribution >= 0.6 is 11.3 Å². The van der Waals surface area contributed by atoms with Crippen molar-refractivity contribution in [3.05, 3.63) is 11.1 Å². The first-order valence-electron chi connectivity index (χ1n) is 6.17. The molecule has 2 heterocycles. The molecule has 96 valence electrons. The molecule has 0 atom stereocenters. The summed E-state index contributed by atoms with van der Waals surface area (Å²) in [5.74, 6) is 0.755. The summed E-state index contributed by atoms with van der Waals surface area (Å²) in [6, 6.07) is 0. The fourth-order valence-corrected chi connectivity index (χ4v) is 3.02. The van der Waals surface area contributed by atoms with E-state index in [-0.39, 0.29) is 0 Å². The van der Waals surface area contributed by atoms with Gasteiger partial charge in [-0.15, -0.1) is 11.3 Å². The highest BCUT2D eigenvalue weighted by Crippen LogP contribution is 2.24. The van der Waals surface area contributed by atoms with Gasteiger partial charge in [0.1, 0.15) is 0 Å². The van der Waals surface area contributed by atoms with Gasteiger partial charge in [0, 0.05) is 44.4 Å². The smallest absolute Gasteiger partial charge is 0.185 e. The average Bonchev–Trinajstić information content (AvgIpc) is 2.79. The molecule has 0 bridgehead atoms. The number of hydrogen-bond acceptors (Lipinski definition) is 5. The van der Waals surface area contributed by atoms with Crippen molar-refractivity contribution in [3.8, 4) is 0 Å². The third kappa shape index (κ3) is 3.66. The Kier molecular flexibility index (Phi) is 4.76. The normalized spacial score (nSPS) is 17.3. The summed E-state index contributed by atoms with van der Waals surface area (Å²) in [7, 11) is 4.10. The quantitative estimate of drug-likeness (QED) is 0.869. The third-order valence-corrected chi connectivity index (χ3v) is 4.20. The fraction of sp³-hybridized carbons (Fsp3) is 0.750. The number of rotatable bonds is 5. The lowest BCUT2D eigenvalue weighted by Gasteiger charge is -2.26. The topological polar surface area (TPSA) is 37.4 Å². The maximum absolute atomic E-state index is 5.38. The van der Waals surface area contributed by atoms with Gasteiger partial charge in [-0.25, -0.2) is 4.98 Å². The summed E-state index contributed by atoms with van der Waals surface area (Å²) < 4.78 is 5.38. The van der Waals surface area contributed by atoms with E-state index in [0.29, 0.717) is 0 Å².